The molecule has 1 aliphatic rings. The van der Waals surface area contributed by atoms with E-state index >= 15 is 0 Å². The van der Waals surface area contributed by atoms with E-state index in [4.69, 9.17) is 9.47 Å². The first kappa shape index (κ1) is 23.2. The molecule has 6 atom stereocenters. The molecule has 2 aromatic carbocycles. The fourth-order valence-corrected chi connectivity index (χ4v) is 3.59. The van der Waals surface area contributed by atoms with Crippen LogP contribution in [0.3, 0.4) is 0 Å². The number of aryl methyl sites for hydroxylation is 1. The van der Waals surface area contributed by atoms with E-state index < -0.39 is 36.8 Å². The summed E-state index contributed by atoms with van der Waals surface area (Å²) < 4.78 is 11.4. The average molecular weight is 431 g/mol. The van der Waals surface area contributed by atoms with Gasteiger partial charge in [0.1, 0.15) is 30.2 Å². The van der Waals surface area contributed by atoms with Crippen molar-refractivity contribution in [3.05, 3.63) is 53.6 Å². The van der Waals surface area contributed by atoms with E-state index in [-0.39, 0.29) is 5.91 Å². The molecule has 0 bridgehead atoms. The van der Waals surface area contributed by atoms with Gasteiger partial charge in [-0.25, -0.2) is 0 Å². The zero-order valence-corrected chi connectivity index (χ0v) is 17.7. The summed E-state index contributed by atoms with van der Waals surface area (Å²) in [6.07, 6.45) is -7.48. The van der Waals surface area contributed by atoms with Crippen LogP contribution >= 0.6 is 0 Å². The zero-order valence-electron chi connectivity index (χ0n) is 17.7. The first-order valence-electron chi connectivity index (χ1n) is 10.2. The number of hydrogen-bond acceptors (Lipinski definition) is 7. The molecule has 1 saturated heterocycles. The normalized spacial score (nSPS) is 26.9. The van der Waals surface area contributed by atoms with Gasteiger partial charge in [0.15, 0.2) is 0 Å². The summed E-state index contributed by atoms with van der Waals surface area (Å²) in [6, 6.07) is 12.6. The van der Waals surface area contributed by atoms with Crippen LogP contribution in [0.25, 0.3) is 11.1 Å². The summed E-state index contributed by atoms with van der Waals surface area (Å²) in [5, 5.41) is 43.2. The largest absolute Gasteiger partial charge is 0.462 e. The van der Waals surface area contributed by atoms with Crippen molar-refractivity contribution >= 4 is 5.91 Å². The maximum absolute atomic E-state index is 11.9. The highest BCUT2D eigenvalue weighted by Crippen LogP contribution is 2.31. The molecule has 3 rings (SSSR count). The molecule has 6 unspecified atom stereocenters. The molecule has 8 nitrogen and oxygen atoms in total. The zero-order chi connectivity index (χ0) is 22.7. The molecule has 1 aliphatic heterocycles. The lowest BCUT2D eigenvalue weighted by atomic mass is 9.94. The van der Waals surface area contributed by atoms with Crippen LogP contribution in [-0.2, 0) is 4.74 Å². The Hall–Kier alpha value is -2.49. The summed E-state index contributed by atoms with van der Waals surface area (Å²) in [4.78, 5) is 11.9. The second kappa shape index (κ2) is 9.76. The number of carbonyl (C=O) groups excluding carboxylic acids is 1. The van der Waals surface area contributed by atoms with Crippen molar-refractivity contribution in [1.29, 1.82) is 0 Å². The van der Waals surface area contributed by atoms with E-state index in [0.29, 0.717) is 17.7 Å². The Balaban J connectivity index is 1.81. The number of nitrogens with one attached hydrogen (secondary N) is 1. The number of hydrogen-bond donors (Lipinski definition) is 5. The van der Waals surface area contributed by atoms with Gasteiger partial charge in [0.25, 0.3) is 5.91 Å². The molecule has 5 N–H and O–H groups in total. The summed E-state index contributed by atoms with van der Waals surface area (Å²) in [6.45, 7) is 3.54. The summed E-state index contributed by atoms with van der Waals surface area (Å²) in [5.74, 6) is 0.245. The predicted molar refractivity (Wildman–Crippen MR) is 114 cm³/mol. The van der Waals surface area contributed by atoms with Gasteiger partial charge in [0, 0.05) is 12.6 Å². The van der Waals surface area contributed by atoms with Crippen LogP contribution in [0.4, 0.5) is 0 Å². The van der Waals surface area contributed by atoms with Gasteiger partial charge in [-0.15, -0.1) is 0 Å². The van der Waals surface area contributed by atoms with Crippen LogP contribution in [-0.4, -0.2) is 70.2 Å². The summed E-state index contributed by atoms with van der Waals surface area (Å²) in [7, 11) is 1.58. The number of ether oxygens (including phenoxy) is 2. The molecule has 0 aromatic heterocycles. The van der Waals surface area contributed by atoms with Crippen LogP contribution in [0.15, 0.2) is 42.5 Å². The van der Waals surface area contributed by atoms with E-state index in [1.54, 1.807) is 38.2 Å². The molecule has 31 heavy (non-hydrogen) atoms. The molecule has 0 spiro atoms. The highest BCUT2D eigenvalue weighted by Gasteiger charge is 2.47. The molecule has 1 amide bonds. The van der Waals surface area contributed by atoms with Gasteiger partial charge in [0.05, 0.1) is 6.10 Å². The van der Waals surface area contributed by atoms with Crippen molar-refractivity contribution in [1.82, 2.24) is 5.32 Å². The first-order valence-corrected chi connectivity index (χ1v) is 10.2. The predicted octanol–water partition coefficient (Wildman–Crippen LogP) is 0.979. The number of carbonyl (C=O) groups is 1. The number of rotatable bonds is 6. The lowest BCUT2D eigenvalue weighted by Gasteiger charge is -2.41. The number of aliphatic hydroxyl groups is 4. The third-order valence-corrected chi connectivity index (χ3v) is 5.51. The Morgan fingerprint density at radius 3 is 2.45 bits per heavy atom. The highest BCUT2D eigenvalue weighted by molar-refractivity contribution is 5.95. The molecule has 2 aromatic rings. The molecule has 0 aliphatic carbocycles. The molecular formula is C23H29NO7. The molecule has 168 valence electrons. The molecule has 0 radical (unpaired) electrons. The molecule has 1 heterocycles. The smallest absolute Gasteiger partial charge is 0.251 e. The second-order valence-electron chi connectivity index (χ2n) is 7.67. The van der Waals surface area contributed by atoms with Crippen LogP contribution in [0, 0.1) is 6.92 Å². The number of benzene rings is 2. The minimum atomic E-state index is -1.52. The van der Waals surface area contributed by atoms with Gasteiger partial charge in [-0.3, -0.25) is 4.79 Å². The Bertz CT molecular complexity index is 919. The van der Waals surface area contributed by atoms with Crippen molar-refractivity contribution in [2.75, 3.05) is 7.05 Å². The monoisotopic (exact) mass is 431 g/mol. The average Bonchev–Trinajstić information content (AvgIpc) is 2.79. The van der Waals surface area contributed by atoms with Gasteiger partial charge in [-0.1, -0.05) is 25.1 Å². The summed E-state index contributed by atoms with van der Waals surface area (Å²) in [5.41, 5.74) is 3.02. The lowest BCUT2D eigenvalue weighted by molar-refractivity contribution is -0.288. The van der Waals surface area contributed by atoms with E-state index in [1.807, 2.05) is 25.1 Å². The van der Waals surface area contributed by atoms with Crippen LogP contribution in [0.5, 0.6) is 5.75 Å². The highest BCUT2D eigenvalue weighted by atomic mass is 16.7. The maximum atomic E-state index is 11.9. The SMILES string of the molecule is CCC(O)C1OC(Oc2ccc(-c3cccc(C(=O)NC)c3)cc2C)C(O)C(O)C1O. The molecule has 1 fully saturated rings. The van der Waals surface area contributed by atoms with Gasteiger partial charge in [-0.05, 0) is 54.3 Å². The fraction of sp³-hybridized carbons (Fsp3) is 0.435. The van der Waals surface area contributed by atoms with Gasteiger partial charge in [-0.2, -0.15) is 0 Å². The van der Waals surface area contributed by atoms with Crippen LogP contribution in [0.2, 0.25) is 0 Å². The second-order valence-corrected chi connectivity index (χ2v) is 7.67. The minimum Gasteiger partial charge on any atom is -0.462 e. The Morgan fingerprint density at radius 2 is 1.81 bits per heavy atom. The van der Waals surface area contributed by atoms with Crippen LogP contribution < -0.4 is 10.1 Å². The molecular weight excluding hydrogens is 402 g/mol. The summed E-state index contributed by atoms with van der Waals surface area (Å²) >= 11 is 0. The van der Waals surface area contributed by atoms with E-state index in [1.165, 1.54) is 0 Å². The number of aliphatic hydroxyl groups excluding tert-OH is 4. The quantitative estimate of drug-likeness (QED) is 0.461. The Kier molecular flexibility index (Phi) is 7.30. The van der Waals surface area contributed by atoms with Crippen molar-refractivity contribution in [3.8, 4) is 16.9 Å². The molecule has 8 heteroatoms. The van der Waals surface area contributed by atoms with Gasteiger partial charge < -0.3 is 35.2 Å². The first-order chi connectivity index (χ1) is 14.8. The third kappa shape index (κ3) is 4.89. The van der Waals surface area contributed by atoms with Crippen molar-refractivity contribution in [2.24, 2.45) is 0 Å². The van der Waals surface area contributed by atoms with E-state index in [0.717, 1.165) is 16.7 Å². The fourth-order valence-electron chi connectivity index (χ4n) is 3.59. The molecule has 0 saturated carbocycles. The van der Waals surface area contributed by atoms with Crippen molar-refractivity contribution in [3.63, 3.8) is 0 Å². The Morgan fingerprint density at radius 1 is 1.10 bits per heavy atom. The maximum Gasteiger partial charge on any atom is 0.251 e. The number of amides is 1. The Labute approximate surface area is 181 Å². The van der Waals surface area contributed by atoms with Crippen molar-refractivity contribution < 1.29 is 34.7 Å². The van der Waals surface area contributed by atoms with Crippen LogP contribution in [0.1, 0.15) is 29.3 Å². The van der Waals surface area contributed by atoms with Gasteiger partial charge in [0.2, 0.25) is 6.29 Å². The van der Waals surface area contributed by atoms with E-state index in [9.17, 15) is 25.2 Å². The lowest BCUT2D eigenvalue weighted by Crippen LogP contribution is -2.61. The topological polar surface area (TPSA) is 128 Å². The third-order valence-electron chi connectivity index (χ3n) is 5.51. The minimum absolute atomic E-state index is 0.175. The standard InChI is InChI=1S/C23H29NO7/c1-4-16(25)21-19(27)18(26)20(28)23(31-21)30-17-9-8-14(10-12(17)2)13-6-5-7-15(11-13)22(29)24-3/h5-11,16,18-21,23,25-28H,4H2,1-3H3,(H,24,29). The van der Waals surface area contributed by atoms with Gasteiger partial charge >= 0.3 is 0 Å². The van der Waals surface area contributed by atoms with Crippen molar-refractivity contribution in [2.45, 2.75) is 57.1 Å². The van der Waals surface area contributed by atoms with E-state index in [2.05, 4.69) is 5.32 Å².